The molecule has 3 N–H and O–H groups in total. The lowest BCUT2D eigenvalue weighted by atomic mass is 10.1. The summed E-state index contributed by atoms with van der Waals surface area (Å²) < 4.78 is 0. The van der Waals surface area contributed by atoms with Crippen molar-refractivity contribution < 1.29 is 9.59 Å². The van der Waals surface area contributed by atoms with E-state index >= 15 is 0 Å². The van der Waals surface area contributed by atoms with Gasteiger partial charge in [-0.2, -0.15) is 0 Å². The lowest BCUT2D eigenvalue weighted by Crippen LogP contribution is -2.28. The number of anilines is 2. The second-order valence-corrected chi connectivity index (χ2v) is 5.94. The first-order chi connectivity index (χ1) is 12.0. The fourth-order valence-corrected chi connectivity index (χ4v) is 2.65. The van der Waals surface area contributed by atoms with Crippen molar-refractivity contribution in [3.05, 3.63) is 59.7 Å². The molecule has 0 bridgehead atoms. The van der Waals surface area contributed by atoms with Gasteiger partial charge in [0.05, 0.1) is 0 Å². The van der Waals surface area contributed by atoms with Gasteiger partial charge in [0.2, 0.25) is 11.8 Å². The molecule has 5 nitrogen and oxygen atoms in total. The maximum absolute atomic E-state index is 12.3. The van der Waals surface area contributed by atoms with Crippen molar-refractivity contribution in [1.29, 1.82) is 0 Å². The first-order valence-electron chi connectivity index (χ1n) is 8.48. The maximum atomic E-state index is 12.3. The summed E-state index contributed by atoms with van der Waals surface area (Å²) in [6.07, 6.45) is 0.946. The fraction of sp³-hybridized carbons (Fsp3) is 0.300. The summed E-state index contributed by atoms with van der Waals surface area (Å²) in [5, 5.41) is 2.95. The number of amides is 2. The number of carbonyl (C=O) groups is 2. The molecule has 0 aliphatic carbocycles. The predicted octanol–water partition coefficient (Wildman–Crippen LogP) is 3.21. The Morgan fingerprint density at radius 2 is 1.68 bits per heavy atom. The number of nitrogens with zero attached hydrogens (tertiary/aromatic N) is 1. The predicted molar refractivity (Wildman–Crippen MR) is 101 cm³/mol. The van der Waals surface area contributed by atoms with Crippen LogP contribution >= 0.6 is 0 Å². The molecule has 2 aromatic rings. The van der Waals surface area contributed by atoms with Gasteiger partial charge in [-0.05, 0) is 36.6 Å². The Morgan fingerprint density at radius 3 is 2.32 bits per heavy atom. The summed E-state index contributed by atoms with van der Waals surface area (Å²) in [7, 11) is 0. The van der Waals surface area contributed by atoms with Crippen LogP contribution in [0.25, 0.3) is 0 Å². The molecule has 0 aliphatic rings. The standard InChI is InChI=1S/C20H25N3O2/c1-3-23(15(2)24)14-17-9-5-7-11-19(17)22-20(25)13-12-16-8-4-6-10-18(16)21/h4-11H,3,12-14,21H2,1-2H3,(H,22,25). The van der Waals surface area contributed by atoms with Crippen molar-refractivity contribution in [2.75, 3.05) is 17.6 Å². The Bertz CT molecular complexity index is 743. The van der Waals surface area contributed by atoms with Gasteiger partial charge in [-0.25, -0.2) is 0 Å². The Hall–Kier alpha value is -2.82. The van der Waals surface area contributed by atoms with Crippen LogP contribution in [-0.4, -0.2) is 23.3 Å². The van der Waals surface area contributed by atoms with Crippen molar-refractivity contribution >= 4 is 23.2 Å². The van der Waals surface area contributed by atoms with Crippen LogP contribution in [0.5, 0.6) is 0 Å². The molecule has 2 rings (SSSR count). The highest BCUT2D eigenvalue weighted by molar-refractivity contribution is 5.91. The molecule has 0 heterocycles. The van der Waals surface area contributed by atoms with Crippen LogP contribution in [0.4, 0.5) is 11.4 Å². The summed E-state index contributed by atoms with van der Waals surface area (Å²) >= 11 is 0. The first-order valence-corrected chi connectivity index (χ1v) is 8.48. The minimum Gasteiger partial charge on any atom is -0.399 e. The number of benzene rings is 2. The molecule has 0 saturated carbocycles. The summed E-state index contributed by atoms with van der Waals surface area (Å²) in [6, 6.07) is 15.1. The van der Waals surface area contributed by atoms with Crippen molar-refractivity contribution in [1.82, 2.24) is 4.90 Å². The van der Waals surface area contributed by atoms with E-state index in [1.807, 2.05) is 55.5 Å². The summed E-state index contributed by atoms with van der Waals surface area (Å²) in [5.41, 5.74) is 9.26. The van der Waals surface area contributed by atoms with Crippen molar-refractivity contribution in [2.45, 2.75) is 33.2 Å². The second kappa shape index (κ2) is 8.87. The SMILES string of the molecule is CCN(Cc1ccccc1NC(=O)CCc1ccccc1N)C(C)=O. The zero-order chi connectivity index (χ0) is 18.2. The number of rotatable bonds is 7. The number of para-hydroxylation sites is 2. The normalized spacial score (nSPS) is 10.3. The van der Waals surface area contributed by atoms with Crippen LogP contribution < -0.4 is 11.1 Å². The lowest BCUT2D eigenvalue weighted by Gasteiger charge is -2.21. The second-order valence-electron chi connectivity index (χ2n) is 5.94. The van der Waals surface area contributed by atoms with E-state index in [1.165, 1.54) is 0 Å². The van der Waals surface area contributed by atoms with Crippen molar-refractivity contribution in [3.8, 4) is 0 Å². The van der Waals surface area contributed by atoms with E-state index in [9.17, 15) is 9.59 Å². The largest absolute Gasteiger partial charge is 0.399 e. The smallest absolute Gasteiger partial charge is 0.224 e. The highest BCUT2D eigenvalue weighted by Crippen LogP contribution is 2.19. The summed E-state index contributed by atoms with van der Waals surface area (Å²) in [6.45, 7) is 4.60. The van der Waals surface area contributed by atoms with E-state index in [-0.39, 0.29) is 11.8 Å². The molecule has 0 spiro atoms. The highest BCUT2D eigenvalue weighted by atomic mass is 16.2. The molecule has 0 atom stereocenters. The molecule has 0 aromatic heterocycles. The third-order valence-electron chi connectivity index (χ3n) is 4.16. The Labute approximate surface area is 148 Å². The van der Waals surface area contributed by atoms with E-state index in [2.05, 4.69) is 5.32 Å². The van der Waals surface area contributed by atoms with Gasteiger partial charge in [0.25, 0.3) is 0 Å². The van der Waals surface area contributed by atoms with Gasteiger partial charge in [0, 0.05) is 37.8 Å². The van der Waals surface area contributed by atoms with Crippen LogP contribution in [0.1, 0.15) is 31.4 Å². The molecule has 0 saturated heterocycles. The van der Waals surface area contributed by atoms with Crippen LogP contribution in [-0.2, 0) is 22.6 Å². The van der Waals surface area contributed by atoms with E-state index in [4.69, 9.17) is 5.73 Å². The molecule has 5 heteroatoms. The van der Waals surface area contributed by atoms with Crippen molar-refractivity contribution in [3.63, 3.8) is 0 Å². The van der Waals surface area contributed by atoms with Gasteiger partial charge >= 0.3 is 0 Å². The van der Waals surface area contributed by atoms with E-state index in [0.29, 0.717) is 31.6 Å². The molecular weight excluding hydrogens is 314 g/mol. The number of carbonyl (C=O) groups excluding carboxylic acids is 2. The molecule has 0 unspecified atom stereocenters. The molecule has 0 fully saturated rings. The van der Waals surface area contributed by atoms with Crippen LogP contribution in [0.15, 0.2) is 48.5 Å². The Kier molecular flexibility index (Phi) is 6.57. The molecule has 2 amide bonds. The summed E-state index contributed by atoms with van der Waals surface area (Å²) in [5.74, 6) is -0.0511. The van der Waals surface area contributed by atoms with Gasteiger partial charge in [0.1, 0.15) is 0 Å². The average molecular weight is 339 g/mol. The van der Waals surface area contributed by atoms with E-state index in [0.717, 1.165) is 16.8 Å². The molecule has 2 aromatic carbocycles. The zero-order valence-electron chi connectivity index (χ0n) is 14.8. The van der Waals surface area contributed by atoms with Crippen LogP contribution in [0, 0.1) is 0 Å². The number of nitrogens with two attached hydrogens (primary N) is 1. The summed E-state index contributed by atoms with van der Waals surface area (Å²) in [4.78, 5) is 25.7. The van der Waals surface area contributed by atoms with Gasteiger partial charge in [-0.15, -0.1) is 0 Å². The highest BCUT2D eigenvalue weighted by Gasteiger charge is 2.12. The molecule has 0 aliphatic heterocycles. The zero-order valence-corrected chi connectivity index (χ0v) is 14.8. The number of hydrogen-bond acceptors (Lipinski definition) is 3. The maximum Gasteiger partial charge on any atom is 0.224 e. The van der Waals surface area contributed by atoms with E-state index < -0.39 is 0 Å². The number of nitrogen functional groups attached to an aromatic ring is 1. The molecule has 132 valence electrons. The van der Waals surface area contributed by atoms with Crippen molar-refractivity contribution in [2.24, 2.45) is 0 Å². The van der Waals surface area contributed by atoms with Gasteiger partial charge < -0.3 is 16.0 Å². The number of nitrogens with one attached hydrogen (secondary N) is 1. The monoisotopic (exact) mass is 339 g/mol. The third-order valence-corrected chi connectivity index (χ3v) is 4.16. The van der Waals surface area contributed by atoms with E-state index in [1.54, 1.807) is 11.8 Å². The van der Waals surface area contributed by atoms with Gasteiger partial charge in [-0.3, -0.25) is 9.59 Å². The molecule has 0 radical (unpaired) electrons. The topological polar surface area (TPSA) is 75.4 Å². The average Bonchev–Trinajstić information content (AvgIpc) is 2.60. The quantitative estimate of drug-likeness (QED) is 0.761. The van der Waals surface area contributed by atoms with Gasteiger partial charge in [0.15, 0.2) is 0 Å². The first kappa shape index (κ1) is 18.5. The number of aryl methyl sites for hydroxylation is 1. The minimum atomic E-state index is -0.0680. The fourth-order valence-electron chi connectivity index (χ4n) is 2.65. The Morgan fingerprint density at radius 1 is 1.04 bits per heavy atom. The minimum absolute atomic E-state index is 0.0168. The molecule has 25 heavy (non-hydrogen) atoms. The Balaban J connectivity index is 2.01. The van der Waals surface area contributed by atoms with Crippen LogP contribution in [0.2, 0.25) is 0 Å². The van der Waals surface area contributed by atoms with Gasteiger partial charge in [-0.1, -0.05) is 36.4 Å². The lowest BCUT2D eigenvalue weighted by molar-refractivity contribution is -0.129. The molecular formula is C20H25N3O2. The van der Waals surface area contributed by atoms with Crippen LogP contribution in [0.3, 0.4) is 0 Å². The number of hydrogen-bond donors (Lipinski definition) is 2. The third kappa shape index (κ3) is 5.35.